The average Bonchev–Trinajstić information content (AvgIpc) is 2.66. The van der Waals surface area contributed by atoms with E-state index < -0.39 is 11.6 Å². The molecular weight excluding hydrogens is 334 g/mol. The Hall–Kier alpha value is -2.08. The van der Waals surface area contributed by atoms with Crippen LogP contribution in [0, 0.1) is 0 Å². The van der Waals surface area contributed by atoms with Crippen LogP contribution in [0.3, 0.4) is 0 Å². The zero-order valence-corrected chi connectivity index (χ0v) is 16.5. The van der Waals surface area contributed by atoms with Crippen LogP contribution in [0.5, 0.6) is 5.75 Å². The Morgan fingerprint density at radius 3 is 2.42 bits per heavy atom. The third kappa shape index (κ3) is 6.02. The van der Waals surface area contributed by atoms with Gasteiger partial charge in [-0.15, -0.1) is 0 Å². The van der Waals surface area contributed by atoms with E-state index in [1.54, 1.807) is 25.1 Å². The van der Waals surface area contributed by atoms with Crippen molar-refractivity contribution >= 4 is 17.6 Å². The second-order valence-corrected chi connectivity index (χ2v) is 6.40. The third-order valence-electron chi connectivity index (χ3n) is 4.29. The molecule has 0 bridgehead atoms. The molecular formula is C20H31NO5. The van der Waals surface area contributed by atoms with Crippen molar-refractivity contribution in [2.24, 2.45) is 0 Å². The molecule has 1 unspecified atom stereocenters. The molecule has 0 saturated carbocycles. The predicted molar refractivity (Wildman–Crippen MR) is 102 cm³/mol. The fraction of sp³-hybridized carbons (Fsp3) is 0.600. The minimum atomic E-state index is -0.919. The number of unbranched alkanes of at least 4 members (excludes halogenated alkanes) is 2. The van der Waals surface area contributed by atoms with Crippen LogP contribution in [0.1, 0.15) is 63.2 Å². The molecule has 0 radical (unpaired) electrons. The van der Waals surface area contributed by atoms with Gasteiger partial charge in [-0.05, 0) is 38.0 Å². The molecule has 1 aromatic carbocycles. The predicted octanol–water partition coefficient (Wildman–Crippen LogP) is 4.19. The maximum Gasteiger partial charge on any atom is 0.341 e. The number of rotatable bonds is 11. The van der Waals surface area contributed by atoms with Gasteiger partial charge in [-0.3, -0.25) is 4.79 Å². The number of nitrogens with one attached hydrogen (secondary N) is 1. The lowest BCUT2D eigenvalue weighted by molar-refractivity contribution is -0.136. The zero-order valence-electron chi connectivity index (χ0n) is 16.5. The van der Waals surface area contributed by atoms with E-state index in [2.05, 4.69) is 12.2 Å². The first-order valence-electron chi connectivity index (χ1n) is 9.13. The molecule has 26 heavy (non-hydrogen) atoms. The van der Waals surface area contributed by atoms with Gasteiger partial charge in [-0.1, -0.05) is 33.1 Å². The quantitative estimate of drug-likeness (QED) is 0.470. The van der Waals surface area contributed by atoms with Crippen molar-refractivity contribution in [3.63, 3.8) is 0 Å². The van der Waals surface area contributed by atoms with Crippen molar-refractivity contribution in [2.45, 2.75) is 58.5 Å². The summed E-state index contributed by atoms with van der Waals surface area (Å²) in [6.45, 7) is 6.37. The molecule has 0 aliphatic rings. The summed E-state index contributed by atoms with van der Waals surface area (Å²) in [7, 11) is 2.85. The number of carbonyl (C=O) groups excluding carboxylic acids is 2. The lowest BCUT2D eigenvalue weighted by atomic mass is 9.96. The van der Waals surface area contributed by atoms with E-state index in [0.717, 1.165) is 25.7 Å². The van der Waals surface area contributed by atoms with Crippen LogP contribution in [-0.4, -0.2) is 38.3 Å². The number of hydrogen-bond donors (Lipinski definition) is 1. The molecule has 1 N–H and O–H groups in total. The second-order valence-electron chi connectivity index (χ2n) is 6.40. The molecule has 0 aliphatic heterocycles. The fourth-order valence-corrected chi connectivity index (χ4v) is 2.50. The summed E-state index contributed by atoms with van der Waals surface area (Å²) in [6.07, 6.45) is 4.48. The highest BCUT2D eigenvalue weighted by Crippen LogP contribution is 2.26. The smallest absolute Gasteiger partial charge is 0.341 e. The Morgan fingerprint density at radius 1 is 1.12 bits per heavy atom. The van der Waals surface area contributed by atoms with E-state index in [1.165, 1.54) is 14.2 Å². The minimum absolute atomic E-state index is 0.242. The Labute approximate surface area is 156 Å². The number of ether oxygens (including phenoxy) is 3. The van der Waals surface area contributed by atoms with Crippen molar-refractivity contribution in [3.8, 4) is 5.75 Å². The molecule has 1 aromatic rings. The van der Waals surface area contributed by atoms with E-state index >= 15 is 0 Å². The van der Waals surface area contributed by atoms with E-state index in [9.17, 15) is 9.59 Å². The highest BCUT2D eigenvalue weighted by Gasteiger charge is 2.32. The Kier molecular flexibility index (Phi) is 9.13. The molecule has 6 nitrogen and oxygen atoms in total. The number of benzene rings is 1. The van der Waals surface area contributed by atoms with Crippen LogP contribution in [0.2, 0.25) is 0 Å². The number of esters is 1. The van der Waals surface area contributed by atoms with Crippen molar-refractivity contribution in [1.82, 2.24) is 0 Å². The van der Waals surface area contributed by atoms with Crippen LogP contribution in [0.25, 0.3) is 0 Å². The summed E-state index contributed by atoms with van der Waals surface area (Å²) in [5, 5.41) is 2.84. The minimum Gasteiger partial charge on any atom is -0.493 e. The van der Waals surface area contributed by atoms with E-state index in [1.807, 2.05) is 6.92 Å². The van der Waals surface area contributed by atoms with Crippen molar-refractivity contribution < 1.29 is 23.8 Å². The van der Waals surface area contributed by atoms with Gasteiger partial charge in [0.1, 0.15) is 16.9 Å². The standard InChI is InChI=1S/C20H31NO5/c1-6-8-9-12-20(3,25-5)19(23)21-15-10-11-17(26-13-7-2)16(14-15)18(22)24-4/h10-11,14H,6-9,12-13H2,1-5H3,(H,21,23). The van der Waals surface area contributed by atoms with Gasteiger partial charge in [-0.25, -0.2) is 4.79 Å². The number of methoxy groups -OCH3 is 2. The van der Waals surface area contributed by atoms with Crippen molar-refractivity contribution in [1.29, 1.82) is 0 Å². The first kappa shape index (κ1) is 22.0. The Morgan fingerprint density at radius 2 is 1.85 bits per heavy atom. The van der Waals surface area contributed by atoms with E-state index in [0.29, 0.717) is 24.5 Å². The summed E-state index contributed by atoms with van der Waals surface area (Å²) >= 11 is 0. The van der Waals surface area contributed by atoms with Crippen molar-refractivity contribution in [2.75, 3.05) is 26.1 Å². The fourth-order valence-electron chi connectivity index (χ4n) is 2.50. The van der Waals surface area contributed by atoms with E-state index in [4.69, 9.17) is 14.2 Å². The number of carbonyl (C=O) groups is 2. The largest absolute Gasteiger partial charge is 0.493 e. The SMILES string of the molecule is CCCCCC(C)(OC)C(=O)Nc1ccc(OCCC)c(C(=O)OC)c1. The molecule has 0 saturated heterocycles. The number of hydrogen-bond acceptors (Lipinski definition) is 5. The molecule has 0 aliphatic carbocycles. The lowest BCUT2D eigenvalue weighted by Gasteiger charge is -2.27. The molecule has 0 aromatic heterocycles. The van der Waals surface area contributed by atoms with Crippen LogP contribution in [-0.2, 0) is 14.3 Å². The third-order valence-corrected chi connectivity index (χ3v) is 4.29. The second kappa shape index (κ2) is 10.8. The molecule has 1 amide bonds. The van der Waals surface area contributed by atoms with Crippen LogP contribution < -0.4 is 10.1 Å². The van der Waals surface area contributed by atoms with Gasteiger partial charge in [0.05, 0.1) is 13.7 Å². The molecule has 0 fully saturated rings. The van der Waals surface area contributed by atoms with Gasteiger partial charge in [0.25, 0.3) is 5.91 Å². The average molecular weight is 365 g/mol. The van der Waals surface area contributed by atoms with E-state index in [-0.39, 0.29) is 11.5 Å². The topological polar surface area (TPSA) is 73.9 Å². The van der Waals surface area contributed by atoms with Gasteiger partial charge in [0.2, 0.25) is 0 Å². The van der Waals surface area contributed by atoms with Crippen molar-refractivity contribution in [3.05, 3.63) is 23.8 Å². The number of anilines is 1. The maximum atomic E-state index is 12.7. The first-order valence-corrected chi connectivity index (χ1v) is 9.13. The monoisotopic (exact) mass is 365 g/mol. The highest BCUT2D eigenvalue weighted by molar-refractivity contribution is 5.99. The highest BCUT2D eigenvalue weighted by atomic mass is 16.5. The maximum absolute atomic E-state index is 12.7. The summed E-state index contributed by atoms with van der Waals surface area (Å²) in [4.78, 5) is 24.7. The van der Waals surface area contributed by atoms with Gasteiger partial charge in [-0.2, -0.15) is 0 Å². The summed E-state index contributed by atoms with van der Waals surface area (Å²) < 4.78 is 15.9. The summed E-state index contributed by atoms with van der Waals surface area (Å²) in [5.41, 5.74) is -0.139. The molecule has 1 rings (SSSR count). The lowest BCUT2D eigenvalue weighted by Crippen LogP contribution is -2.42. The van der Waals surface area contributed by atoms with Gasteiger partial charge in [0.15, 0.2) is 0 Å². The van der Waals surface area contributed by atoms with Gasteiger partial charge < -0.3 is 19.5 Å². The summed E-state index contributed by atoms with van der Waals surface area (Å²) in [6, 6.07) is 4.94. The van der Waals surface area contributed by atoms with Crippen LogP contribution in [0.4, 0.5) is 5.69 Å². The molecule has 6 heteroatoms. The summed E-state index contributed by atoms with van der Waals surface area (Å²) in [5.74, 6) is -0.312. The van der Waals surface area contributed by atoms with Gasteiger partial charge in [0, 0.05) is 12.8 Å². The first-order chi connectivity index (χ1) is 12.4. The zero-order chi connectivity index (χ0) is 19.6. The molecule has 0 heterocycles. The normalized spacial score (nSPS) is 13.0. The molecule has 0 spiro atoms. The van der Waals surface area contributed by atoms with Gasteiger partial charge >= 0.3 is 5.97 Å². The number of amides is 1. The molecule has 1 atom stereocenters. The Bertz CT molecular complexity index is 602. The Balaban J connectivity index is 2.97. The van der Waals surface area contributed by atoms with Crippen LogP contribution in [0.15, 0.2) is 18.2 Å². The molecule has 146 valence electrons. The van der Waals surface area contributed by atoms with Crippen LogP contribution >= 0.6 is 0 Å².